The van der Waals surface area contributed by atoms with Gasteiger partial charge in [0.2, 0.25) is 5.91 Å². The standard InChI is InChI=1S/C27H39N5O6/c1-2-31(27(36)37)18-19-38-32(21-10-6-5-7-11-21)22(33)12-8-3-4-9-15-29-23-24(26(35)25(23)34)30-20-13-16-28-17-14-20/h13-14,16-17,21,29H,2-12,15,18-19H2,1H3,(H,28,30)(H,36,37). The highest BCUT2D eigenvalue weighted by Gasteiger charge is 2.26. The second-order valence-corrected chi connectivity index (χ2v) is 9.57. The number of pyridine rings is 1. The van der Waals surface area contributed by atoms with Crippen LogP contribution in [0.2, 0.25) is 0 Å². The zero-order chi connectivity index (χ0) is 27.3. The highest BCUT2D eigenvalue weighted by Crippen LogP contribution is 2.24. The van der Waals surface area contributed by atoms with Crippen molar-refractivity contribution < 1.29 is 19.5 Å². The van der Waals surface area contributed by atoms with Crippen molar-refractivity contribution >= 4 is 29.1 Å². The molecule has 1 aliphatic rings. The zero-order valence-electron chi connectivity index (χ0n) is 22.1. The third-order valence-corrected chi connectivity index (χ3v) is 6.88. The molecule has 0 bridgehead atoms. The smallest absolute Gasteiger partial charge is 0.407 e. The normalized spacial score (nSPS) is 13.8. The summed E-state index contributed by atoms with van der Waals surface area (Å²) in [4.78, 5) is 59.1. The molecule has 0 atom stereocenters. The number of carbonyl (C=O) groups is 2. The van der Waals surface area contributed by atoms with Crippen LogP contribution in [0.4, 0.5) is 21.9 Å². The van der Waals surface area contributed by atoms with Gasteiger partial charge in [0.1, 0.15) is 11.4 Å². The minimum Gasteiger partial charge on any atom is -0.465 e. The van der Waals surface area contributed by atoms with E-state index in [0.29, 0.717) is 30.9 Å². The van der Waals surface area contributed by atoms with Crippen molar-refractivity contribution in [2.75, 3.05) is 36.9 Å². The van der Waals surface area contributed by atoms with E-state index in [1.165, 1.54) is 9.96 Å². The Bertz CT molecular complexity index is 1100. The Morgan fingerprint density at radius 1 is 1.03 bits per heavy atom. The molecule has 208 valence electrons. The number of rotatable bonds is 16. The van der Waals surface area contributed by atoms with Crippen molar-refractivity contribution in [2.24, 2.45) is 0 Å². The molecule has 0 radical (unpaired) electrons. The molecule has 1 aromatic carbocycles. The molecule has 1 aromatic heterocycles. The summed E-state index contributed by atoms with van der Waals surface area (Å²) in [6.45, 7) is 3.07. The summed E-state index contributed by atoms with van der Waals surface area (Å²) in [6.07, 6.45) is 10.9. The number of hydroxylamine groups is 2. The Morgan fingerprint density at radius 2 is 1.71 bits per heavy atom. The van der Waals surface area contributed by atoms with E-state index < -0.39 is 17.0 Å². The topological polar surface area (TPSA) is 141 Å². The Balaban J connectivity index is 1.37. The minimum atomic E-state index is -0.994. The molecule has 1 fully saturated rings. The molecule has 0 unspecified atom stereocenters. The van der Waals surface area contributed by atoms with Crippen LogP contribution in [-0.4, -0.2) is 64.3 Å². The van der Waals surface area contributed by atoms with E-state index in [0.717, 1.165) is 57.8 Å². The molecule has 0 aliphatic heterocycles. The molecule has 1 heterocycles. The average Bonchev–Trinajstić information content (AvgIpc) is 2.94. The van der Waals surface area contributed by atoms with Crippen molar-refractivity contribution in [1.29, 1.82) is 0 Å². The van der Waals surface area contributed by atoms with Crippen LogP contribution in [0.25, 0.3) is 0 Å². The Hall–Kier alpha value is -3.47. The van der Waals surface area contributed by atoms with Crippen LogP contribution in [0.5, 0.6) is 0 Å². The second kappa shape index (κ2) is 15.1. The number of aromatic nitrogens is 1. The molecule has 0 spiro atoms. The Morgan fingerprint density at radius 3 is 2.39 bits per heavy atom. The lowest BCUT2D eigenvalue weighted by atomic mass is 9.95. The number of carbonyl (C=O) groups excluding carboxylic acids is 1. The summed E-state index contributed by atoms with van der Waals surface area (Å²) >= 11 is 0. The predicted octanol–water partition coefficient (Wildman–Crippen LogP) is 3.88. The summed E-state index contributed by atoms with van der Waals surface area (Å²) in [7, 11) is 0. The SMILES string of the molecule is CCN(CCON(C(=O)CCCCCCNc1c(Nc2ccncc2)c(=O)c1=O)C1CCCCC1)C(=O)O. The van der Waals surface area contributed by atoms with Gasteiger partial charge in [0.25, 0.3) is 10.9 Å². The van der Waals surface area contributed by atoms with E-state index in [2.05, 4.69) is 15.6 Å². The predicted molar refractivity (Wildman–Crippen MR) is 145 cm³/mol. The highest BCUT2D eigenvalue weighted by atomic mass is 16.7. The van der Waals surface area contributed by atoms with Gasteiger partial charge in [-0.3, -0.25) is 24.2 Å². The first-order valence-corrected chi connectivity index (χ1v) is 13.6. The van der Waals surface area contributed by atoms with Gasteiger partial charge in [-0.15, -0.1) is 0 Å². The van der Waals surface area contributed by atoms with Gasteiger partial charge in [-0.25, -0.2) is 9.86 Å². The number of carboxylic acid groups (broad SMARTS) is 1. The molecule has 38 heavy (non-hydrogen) atoms. The van der Waals surface area contributed by atoms with E-state index in [-0.39, 0.29) is 30.8 Å². The number of anilines is 3. The Kier molecular flexibility index (Phi) is 11.5. The van der Waals surface area contributed by atoms with Crippen molar-refractivity contribution in [3.8, 4) is 0 Å². The maximum atomic E-state index is 13.0. The third-order valence-electron chi connectivity index (χ3n) is 6.88. The maximum absolute atomic E-state index is 13.0. The number of hydrogen-bond donors (Lipinski definition) is 3. The van der Waals surface area contributed by atoms with Crippen LogP contribution < -0.4 is 21.5 Å². The van der Waals surface area contributed by atoms with Gasteiger partial charge < -0.3 is 20.6 Å². The van der Waals surface area contributed by atoms with E-state index >= 15 is 0 Å². The monoisotopic (exact) mass is 529 g/mol. The van der Waals surface area contributed by atoms with Gasteiger partial charge in [-0.1, -0.05) is 32.1 Å². The van der Waals surface area contributed by atoms with Crippen molar-refractivity contribution in [2.45, 2.75) is 77.2 Å². The van der Waals surface area contributed by atoms with Gasteiger partial charge >= 0.3 is 6.09 Å². The molecule has 3 N–H and O–H groups in total. The fourth-order valence-corrected chi connectivity index (χ4v) is 4.67. The van der Waals surface area contributed by atoms with E-state index in [1.54, 1.807) is 31.5 Å². The lowest BCUT2D eigenvalue weighted by Gasteiger charge is -2.33. The zero-order valence-corrected chi connectivity index (χ0v) is 22.1. The van der Waals surface area contributed by atoms with E-state index in [9.17, 15) is 24.3 Å². The first-order valence-electron chi connectivity index (χ1n) is 13.6. The third kappa shape index (κ3) is 8.27. The lowest BCUT2D eigenvalue weighted by Crippen LogP contribution is -2.43. The summed E-state index contributed by atoms with van der Waals surface area (Å²) in [5.74, 6) is -0.0519. The Labute approximate surface area is 222 Å². The number of unbranched alkanes of at least 4 members (excludes halogenated alkanes) is 3. The first-order chi connectivity index (χ1) is 18.4. The number of hydrogen-bond acceptors (Lipinski definition) is 8. The number of nitrogens with zero attached hydrogens (tertiary/aromatic N) is 3. The maximum Gasteiger partial charge on any atom is 0.407 e. The molecule has 2 aromatic rings. The molecule has 1 saturated carbocycles. The quantitative estimate of drug-likeness (QED) is 0.168. The summed E-state index contributed by atoms with van der Waals surface area (Å²) in [5.41, 5.74) is 0.237. The fourth-order valence-electron chi connectivity index (χ4n) is 4.67. The van der Waals surface area contributed by atoms with Crippen LogP contribution in [0, 0.1) is 0 Å². The minimum absolute atomic E-state index is 0.0475. The van der Waals surface area contributed by atoms with Crippen LogP contribution >= 0.6 is 0 Å². The van der Waals surface area contributed by atoms with Crippen molar-refractivity contribution in [1.82, 2.24) is 14.9 Å². The van der Waals surface area contributed by atoms with Crippen LogP contribution in [0.3, 0.4) is 0 Å². The van der Waals surface area contributed by atoms with Gasteiger partial charge in [0, 0.05) is 44.1 Å². The number of nitrogens with one attached hydrogen (secondary N) is 2. The summed E-state index contributed by atoms with van der Waals surface area (Å²) in [5, 5.41) is 16.7. The average molecular weight is 530 g/mol. The van der Waals surface area contributed by atoms with Gasteiger partial charge in [-0.05, 0) is 44.7 Å². The molecular formula is C27H39N5O6. The molecule has 2 amide bonds. The molecular weight excluding hydrogens is 490 g/mol. The van der Waals surface area contributed by atoms with Gasteiger partial charge in [-0.2, -0.15) is 0 Å². The molecule has 11 heteroatoms. The van der Waals surface area contributed by atoms with Crippen LogP contribution in [0.15, 0.2) is 34.1 Å². The van der Waals surface area contributed by atoms with Gasteiger partial charge in [0.15, 0.2) is 0 Å². The first kappa shape index (κ1) is 29.1. The van der Waals surface area contributed by atoms with Gasteiger partial charge in [0.05, 0.1) is 12.6 Å². The summed E-state index contributed by atoms with van der Waals surface area (Å²) in [6, 6.07) is 3.49. The van der Waals surface area contributed by atoms with Crippen molar-refractivity contribution in [3.63, 3.8) is 0 Å². The summed E-state index contributed by atoms with van der Waals surface area (Å²) < 4.78 is 0. The van der Waals surface area contributed by atoms with Crippen LogP contribution in [0.1, 0.15) is 71.1 Å². The molecule has 0 saturated heterocycles. The largest absolute Gasteiger partial charge is 0.465 e. The number of amides is 2. The fraction of sp³-hybridized carbons (Fsp3) is 0.593. The second-order valence-electron chi connectivity index (χ2n) is 9.57. The molecule has 3 rings (SSSR count). The van der Waals surface area contributed by atoms with Crippen LogP contribution in [-0.2, 0) is 9.63 Å². The number of likely N-dealkylation sites (N-methyl/N-ethyl adjacent to an activating group) is 1. The van der Waals surface area contributed by atoms with E-state index in [4.69, 9.17) is 4.84 Å². The van der Waals surface area contributed by atoms with E-state index in [1.807, 2.05) is 0 Å². The highest BCUT2D eigenvalue weighted by molar-refractivity contribution is 5.78. The lowest BCUT2D eigenvalue weighted by molar-refractivity contribution is -0.204. The molecule has 1 aliphatic carbocycles. The molecule has 11 nitrogen and oxygen atoms in total. The van der Waals surface area contributed by atoms with Crippen molar-refractivity contribution in [3.05, 3.63) is 45.0 Å².